The number of carbonyl (C=O) groups excluding carboxylic acids is 1. The van der Waals surface area contributed by atoms with Crippen LogP contribution in [0.15, 0.2) is 35.3 Å². The molecule has 2 N–H and O–H groups in total. The van der Waals surface area contributed by atoms with E-state index in [4.69, 9.17) is 4.74 Å². The number of benzene rings is 1. The number of carbonyl (C=O) groups is 1. The van der Waals surface area contributed by atoms with Crippen LogP contribution in [0.5, 0.6) is 5.75 Å². The van der Waals surface area contributed by atoms with E-state index in [2.05, 4.69) is 27.8 Å². The highest BCUT2D eigenvalue weighted by Gasteiger charge is 2.11. The van der Waals surface area contributed by atoms with Gasteiger partial charge in [-0.3, -0.25) is 4.79 Å². The minimum atomic E-state index is -0.659. The second-order valence-corrected chi connectivity index (χ2v) is 4.66. The highest BCUT2D eigenvalue weighted by molar-refractivity contribution is 9.10. The molecule has 1 aromatic rings. The Kier molecular flexibility index (Phi) is 5.88. The van der Waals surface area contributed by atoms with E-state index < -0.39 is 6.10 Å². The summed E-state index contributed by atoms with van der Waals surface area (Å²) in [6.07, 6.45) is 0.937. The van der Waals surface area contributed by atoms with E-state index in [9.17, 15) is 9.90 Å². The molecule has 0 fully saturated rings. The number of hydrogen-bond acceptors (Lipinski definition) is 3. The van der Waals surface area contributed by atoms with Gasteiger partial charge in [0.1, 0.15) is 5.75 Å². The zero-order chi connectivity index (χ0) is 13.5. The zero-order valence-corrected chi connectivity index (χ0v) is 11.7. The molecule has 0 heterocycles. The fourth-order valence-corrected chi connectivity index (χ4v) is 1.74. The zero-order valence-electron chi connectivity index (χ0n) is 10.1. The third kappa shape index (κ3) is 4.50. The van der Waals surface area contributed by atoms with Crippen molar-refractivity contribution < 1.29 is 14.6 Å². The highest BCUT2D eigenvalue weighted by Crippen LogP contribution is 2.28. The van der Waals surface area contributed by atoms with Crippen LogP contribution in [0.3, 0.4) is 0 Å². The molecule has 1 amide bonds. The number of rotatable bonds is 6. The monoisotopic (exact) mass is 313 g/mol. The molecule has 0 spiro atoms. The van der Waals surface area contributed by atoms with Crippen molar-refractivity contribution in [1.82, 2.24) is 5.32 Å². The first-order chi connectivity index (χ1) is 8.54. The summed E-state index contributed by atoms with van der Waals surface area (Å²) >= 11 is 3.32. The Hall–Kier alpha value is -1.33. The molecule has 18 heavy (non-hydrogen) atoms. The van der Waals surface area contributed by atoms with Crippen molar-refractivity contribution in [1.29, 1.82) is 0 Å². The molecule has 1 rings (SSSR count). The number of hydrogen-bond donors (Lipinski definition) is 2. The van der Waals surface area contributed by atoms with E-state index in [0.717, 1.165) is 4.47 Å². The largest absolute Gasteiger partial charge is 0.483 e. The van der Waals surface area contributed by atoms with Gasteiger partial charge in [-0.05, 0) is 25.1 Å². The smallest absolute Gasteiger partial charge is 0.258 e. The average molecular weight is 314 g/mol. The third-order valence-electron chi connectivity index (χ3n) is 2.22. The van der Waals surface area contributed by atoms with Gasteiger partial charge in [0.2, 0.25) is 0 Å². The molecule has 0 unspecified atom stereocenters. The second kappa shape index (κ2) is 7.18. The van der Waals surface area contributed by atoms with Crippen LogP contribution in [0.2, 0.25) is 0 Å². The maximum Gasteiger partial charge on any atom is 0.258 e. The quantitative estimate of drug-likeness (QED) is 0.791. The summed E-state index contributed by atoms with van der Waals surface area (Å²) in [7, 11) is 0. The Bertz CT molecular complexity index is 432. The molecular weight excluding hydrogens is 298 g/mol. The van der Waals surface area contributed by atoms with E-state index in [0.29, 0.717) is 17.9 Å². The molecule has 1 aromatic carbocycles. The number of nitrogens with one attached hydrogen (secondary N) is 1. The Balaban J connectivity index is 2.66. The van der Waals surface area contributed by atoms with Gasteiger partial charge in [-0.2, -0.15) is 0 Å². The number of aliphatic hydroxyl groups is 1. The molecule has 0 bridgehead atoms. The SMILES string of the molecule is C=CCNC(=O)COc1ccc(Br)cc1[C@H](C)O. The van der Waals surface area contributed by atoms with Crippen molar-refractivity contribution in [3.05, 3.63) is 40.9 Å². The molecule has 0 aliphatic carbocycles. The summed E-state index contributed by atoms with van der Waals surface area (Å²) in [5.74, 6) is 0.274. The highest BCUT2D eigenvalue weighted by atomic mass is 79.9. The lowest BCUT2D eigenvalue weighted by Gasteiger charge is -2.13. The summed E-state index contributed by atoms with van der Waals surface area (Å²) in [6, 6.07) is 5.28. The van der Waals surface area contributed by atoms with Crippen molar-refractivity contribution in [2.75, 3.05) is 13.2 Å². The molecule has 0 aliphatic heterocycles. The molecule has 0 saturated heterocycles. The molecule has 1 atom stereocenters. The normalized spacial score (nSPS) is 11.7. The van der Waals surface area contributed by atoms with Crippen molar-refractivity contribution in [3.63, 3.8) is 0 Å². The van der Waals surface area contributed by atoms with Crippen LogP contribution >= 0.6 is 15.9 Å². The van der Waals surface area contributed by atoms with Gasteiger partial charge < -0.3 is 15.2 Å². The fourth-order valence-electron chi connectivity index (χ4n) is 1.36. The summed E-state index contributed by atoms with van der Waals surface area (Å²) in [6.45, 7) is 5.47. The predicted octanol–water partition coefficient (Wildman–Crippen LogP) is 2.18. The van der Waals surface area contributed by atoms with E-state index in [1.165, 1.54) is 0 Å². The molecule has 0 aromatic heterocycles. The second-order valence-electron chi connectivity index (χ2n) is 3.74. The first-order valence-electron chi connectivity index (χ1n) is 5.52. The van der Waals surface area contributed by atoms with Crippen LogP contribution in [0, 0.1) is 0 Å². The van der Waals surface area contributed by atoms with Gasteiger partial charge in [0.05, 0.1) is 6.10 Å². The van der Waals surface area contributed by atoms with E-state index in [-0.39, 0.29) is 12.5 Å². The standard InChI is InChI=1S/C13H16BrNO3/c1-3-6-15-13(17)8-18-12-5-4-10(14)7-11(12)9(2)16/h3-5,7,9,16H,1,6,8H2,2H3,(H,15,17)/t9-/m0/s1. The Morgan fingerprint density at radius 1 is 1.67 bits per heavy atom. The molecule has 0 radical (unpaired) electrons. The van der Waals surface area contributed by atoms with Crippen LogP contribution in [-0.2, 0) is 4.79 Å². The van der Waals surface area contributed by atoms with Crippen LogP contribution in [0.25, 0.3) is 0 Å². The van der Waals surface area contributed by atoms with Crippen LogP contribution in [0.4, 0.5) is 0 Å². The molecular formula is C13H16BrNO3. The van der Waals surface area contributed by atoms with Gasteiger partial charge in [-0.25, -0.2) is 0 Å². The van der Waals surface area contributed by atoms with Gasteiger partial charge in [-0.15, -0.1) is 6.58 Å². The van der Waals surface area contributed by atoms with Gasteiger partial charge in [0.25, 0.3) is 5.91 Å². The molecule has 0 saturated carbocycles. The van der Waals surface area contributed by atoms with Gasteiger partial charge in [-0.1, -0.05) is 22.0 Å². The van der Waals surface area contributed by atoms with E-state index in [1.54, 1.807) is 31.2 Å². The Labute approximate surface area is 115 Å². The topological polar surface area (TPSA) is 58.6 Å². The van der Waals surface area contributed by atoms with Crippen molar-refractivity contribution in [2.45, 2.75) is 13.0 Å². The predicted molar refractivity (Wildman–Crippen MR) is 73.5 cm³/mol. The van der Waals surface area contributed by atoms with Gasteiger partial charge >= 0.3 is 0 Å². The molecule has 0 aliphatic rings. The number of aliphatic hydroxyl groups excluding tert-OH is 1. The van der Waals surface area contributed by atoms with Gasteiger partial charge in [0.15, 0.2) is 6.61 Å². The molecule has 4 nitrogen and oxygen atoms in total. The lowest BCUT2D eigenvalue weighted by Crippen LogP contribution is -2.29. The lowest BCUT2D eigenvalue weighted by atomic mass is 10.1. The van der Waals surface area contributed by atoms with Crippen LogP contribution < -0.4 is 10.1 Å². The van der Waals surface area contributed by atoms with Crippen LogP contribution in [0.1, 0.15) is 18.6 Å². The maximum atomic E-state index is 11.4. The fraction of sp³-hybridized carbons (Fsp3) is 0.308. The molecule has 98 valence electrons. The Morgan fingerprint density at radius 3 is 3.00 bits per heavy atom. The summed E-state index contributed by atoms with van der Waals surface area (Å²) in [5.41, 5.74) is 0.640. The van der Waals surface area contributed by atoms with Gasteiger partial charge in [0, 0.05) is 16.6 Å². The first kappa shape index (κ1) is 14.7. The van der Waals surface area contributed by atoms with Crippen molar-refractivity contribution >= 4 is 21.8 Å². The minimum Gasteiger partial charge on any atom is -0.483 e. The van der Waals surface area contributed by atoms with Crippen LogP contribution in [-0.4, -0.2) is 24.2 Å². The lowest BCUT2D eigenvalue weighted by molar-refractivity contribution is -0.122. The summed E-state index contributed by atoms with van der Waals surface area (Å²) in [4.78, 5) is 11.4. The molecule has 5 heteroatoms. The maximum absolute atomic E-state index is 11.4. The first-order valence-corrected chi connectivity index (χ1v) is 6.31. The van der Waals surface area contributed by atoms with E-state index >= 15 is 0 Å². The van der Waals surface area contributed by atoms with Crippen molar-refractivity contribution in [3.8, 4) is 5.75 Å². The number of halogens is 1. The number of ether oxygens (including phenoxy) is 1. The minimum absolute atomic E-state index is 0.0881. The Morgan fingerprint density at radius 2 is 2.39 bits per heavy atom. The summed E-state index contributed by atoms with van der Waals surface area (Å²) in [5, 5.41) is 12.2. The number of amides is 1. The average Bonchev–Trinajstić information content (AvgIpc) is 2.34. The summed E-state index contributed by atoms with van der Waals surface area (Å²) < 4.78 is 6.23. The third-order valence-corrected chi connectivity index (χ3v) is 2.72. The van der Waals surface area contributed by atoms with Crippen molar-refractivity contribution in [2.24, 2.45) is 0 Å². The van der Waals surface area contributed by atoms with E-state index in [1.807, 2.05) is 0 Å².